The van der Waals surface area contributed by atoms with Crippen LogP contribution in [0.25, 0.3) is 0 Å². The van der Waals surface area contributed by atoms with E-state index in [1.807, 2.05) is 0 Å². The molecule has 1 rings (SSSR count). The van der Waals surface area contributed by atoms with E-state index >= 15 is 0 Å². The minimum atomic E-state index is -0.435. The highest BCUT2D eigenvalue weighted by atomic mass is 16.3. The molecule has 0 aromatic rings. The number of rotatable bonds is 6. The van der Waals surface area contributed by atoms with E-state index in [2.05, 4.69) is 11.4 Å². The first-order chi connectivity index (χ1) is 6.77. The molecule has 0 radical (unpaired) electrons. The van der Waals surface area contributed by atoms with Gasteiger partial charge in [0.2, 0.25) is 0 Å². The van der Waals surface area contributed by atoms with E-state index in [4.69, 9.17) is 5.26 Å². The van der Waals surface area contributed by atoms with Gasteiger partial charge in [-0.1, -0.05) is 12.8 Å². The quantitative estimate of drug-likeness (QED) is 0.634. The maximum absolute atomic E-state index is 9.98. The topological polar surface area (TPSA) is 56.0 Å². The van der Waals surface area contributed by atoms with Crippen molar-refractivity contribution in [2.24, 2.45) is 0 Å². The molecule has 1 fully saturated rings. The largest absolute Gasteiger partial charge is 0.389 e. The van der Waals surface area contributed by atoms with Crippen molar-refractivity contribution in [1.29, 1.82) is 5.26 Å². The molecule has 0 aromatic heterocycles. The second-order valence-corrected chi connectivity index (χ2v) is 4.22. The van der Waals surface area contributed by atoms with Crippen molar-refractivity contribution in [3.8, 4) is 6.07 Å². The van der Waals surface area contributed by atoms with Gasteiger partial charge in [0.05, 0.1) is 11.7 Å². The minimum absolute atomic E-state index is 0.435. The molecule has 1 saturated carbocycles. The van der Waals surface area contributed by atoms with Crippen LogP contribution in [0.4, 0.5) is 0 Å². The molecule has 0 unspecified atom stereocenters. The number of aliphatic hydroxyl groups is 1. The van der Waals surface area contributed by atoms with Gasteiger partial charge < -0.3 is 10.4 Å². The van der Waals surface area contributed by atoms with Gasteiger partial charge in [0.25, 0.3) is 0 Å². The maximum Gasteiger partial charge on any atom is 0.0771 e. The molecule has 0 aliphatic heterocycles. The van der Waals surface area contributed by atoms with Crippen LogP contribution in [0.2, 0.25) is 0 Å². The molecule has 0 bridgehead atoms. The van der Waals surface area contributed by atoms with Crippen LogP contribution < -0.4 is 5.32 Å². The number of unbranched alkanes of at least 4 members (excludes halogenated alkanes) is 2. The Morgan fingerprint density at radius 2 is 2.00 bits per heavy atom. The number of nitrogens with one attached hydrogen (secondary N) is 1. The molecule has 0 heterocycles. The Bertz CT molecular complexity index is 192. The lowest BCUT2D eigenvalue weighted by Gasteiger charge is -2.22. The average molecular weight is 196 g/mol. The molecule has 1 aliphatic carbocycles. The molecule has 14 heavy (non-hydrogen) atoms. The molecule has 1 aliphatic rings. The highest BCUT2D eigenvalue weighted by Crippen LogP contribution is 2.28. The zero-order valence-electron chi connectivity index (χ0n) is 8.76. The monoisotopic (exact) mass is 196 g/mol. The van der Waals surface area contributed by atoms with Crippen LogP contribution in [-0.4, -0.2) is 23.8 Å². The maximum atomic E-state index is 9.98. The highest BCUT2D eigenvalue weighted by Gasteiger charge is 2.30. The number of hydrogen-bond acceptors (Lipinski definition) is 3. The van der Waals surface area contributed by atoms with Crippen LogP contribution in [0.1, 0.15) is 44.9 Å². The van der Waals surface area contributed by atoms with Crippen molar-refractivity contribution in [3.05, 3.63) is 0 Å². The van der Waals surface area contributed by atoms with E-state index in [1.54, 1.807) is 0 Å². The second-order valence-electron chi connectivity index (χ2n) is 4.22. The minimum Gasteiger partial charge on any atom is -0.389 e. The van der Waals surface area contributed by atoms with Gasteiger partial charge in [0.1, 0.15) is 0 Å². The standard InChI is InChI=1S/C11H20N2O/c12-8-4-1-5-9-13-10-11(14)6-2-3-7-11/h13-14H,1-7,9-10H2. The van der Waals surface area contributed by atoms with E-state index in [-0.39, 0.29) is 0 Å². The zero-order chi connectivity index (χ0) is 10.3. The summed E-state index contributed by atoms with van der Waals surface area (Å²) in [5, 5.41) is 21.6. The molecule has 0 saturated heterocycles. The number of nitriles is 1. The molecule has 0 spiro atoms. The predicted octanol–water partition coefficient (Wildman–Crippen LogP) is 1.57. The Morgan fingerprint density at radius 3 is 2.64 bits per heavy atom. The summed E-state index contributed by atoms with van der Waals surface area (Å²) >= 11 is 0. The van der Waals surface area contributed by atoms with Gasteiger partial charge in [-0.15, -0.1) is 0 Å². The third-order valence-electron chi connectivity index (χ3n) is 2.88. The van der Waals surface area contributed by atoms with Crippen molar-refractivity contribution in [2.75, 3.05) is 13.1 Å². The fourth-order valence-electron chi connectivity index (χ4n) is 1.99. The van der Waals surface area contributed by atoms with E-state index in [9.17, 15) is 5.11 Å². The summed E-state index contributed by atoms with van der Waals surface area (Å²) in [6, 6.07) is 2.13. The third-order valence-corrected chi connectivity index (χ3v) is 2.88. The van der Waals surface area contributed by atoms with Gasteiger partial charge in [-0.3, -0.25) is 0 Å². The Hall–Kier alpha value is -0.590. The Kier molecular flexibility index (Phi) is 4.92. The van der Waals surface area contributed by atoms with Crippen molar-refractivity contribution >= 4 is 0 Å². The molecule has 0 aromatic carbocycles. The number of nitrogens with zero attached hydrogens (tertiary/aromatic N) is 1. The van der Waals surface area contributed by atoms with Crippen LogP contribution in [-0.2, 0) is 0 Å². The molecule has 3 heteroatoms. The van der Waals surface area contributed by atoms with Gasteiger partial charge in [0, 0.05) is 13.0 Å². The first kappa shape index (κ1) is 11.5. The third kappa shape index (κ3) is 4.08. The lowest BCUT2D eigenvalue weighted by Crippen LogP contribution is -2.38. The van der Waals surface area contributed by atoms with Crippen molar-refractivity contribution in [3.63, 3.8) is 0 Å². The first-order valence-corrected chi connectivity index (χ1v) is 5.57. The summed E-state index contributed by atoms with van der Waals surface area (Å²) in [4.78, 5) is 0. The second kappa shape index (κ2) is 6.00. The molecular weight excluding hydrogens is 176 g/mol. The lowest BCUT2D eigenvalue weighted by atomic mass is 10.0. The highest BCUT2D eigenvalue weighted by molar-refractivity contribution is 4.86. The van der Waals surface area contributed by atoms with Gasteiger partial charge in [-0.25, -0.2) is 0 Å². The van der Waals surface area contributed by atoms with E-state index < -0.39 is 5.60 Å². The van der Waals surface area contributed by atoms with Crippen LogP contribution in [0, 0.1) is 11.3 Å². The lowest BCUT2D eigenvalue weighted by molar-refractivity contribution is 0.0479. The SMILES string of the molecule is N#CCCCCNCC1(O)CCCC1. The summed E-state index contributed by atoms with van der Waals surface area (Å²) in [5.41, 5.74) is -0.435. The van der Waals surface area contributed by atoms with Crippen LogP contribution in [0.5, 0.6) is 0 Å². The smallest absolute Gasteiger partial charge is 0.0771 e. The van der Waals surface area contributed by atoms with Gasteiger partial charge in [0.15, 0.2) is 0 Å². The molecule has 3 nitrogen and oxygen atoms in total. The fourth-order valence-corrected chi connectivity index (χ4v) is 1.99. The Labute approximate surface area is 86.1 Å². The number of hydrogen-bond donors (Lipinski definition) is 2. The predicted molar refractivity (Wildman–Crippen MR) is 55.8 cm³/mol. The summed E-state index contributed by atoms with van der Waals surface area (Å²) in [5.74, 6) is 0. The molecule has 0 atom stereocenters. The summed E-state index contributed by atoms with van der Waals surface area (Å²) in [7, 11) is 0. The van der Waals surface area contributed by atoms with Gasteiger partial charge in [-0.2, -0.15) is 5.26 Å². The molecule has 80 valence electrons. The summed E-state index contributed by atoms with van der Waals surface area (Å²) in [6.07, 6.45) is 6.84. The van der Waals surface area contributed by atoms with Crippen molar-refractivity contribution in [2.45, 2.75) is 50.5 Å². The normalized spacial score (nSPS) is 19.4. The first-order valence-electron chi connectivity index (χ1n) is 5.57. The van der Waals surface area contributed by atoms with Crippen LogP contribution in [0.3, 0.4) is 0 Å². The van der Waals surface area contributed by atoms with Gasteiger partial charge >= 0.3 is 0 Å². The molecular formula is C11H20N2O. The van der Waals surface area contributed by atoms with Crippen molar-refractivity contribution < 1.29 is 5.11 Å². The van der Waals surface area contributed by atoms with Crippen LogP contribution >= 0.6 is 0 Å². The van der Waals surface area contributed by atoms with E-state index in [0.29, 0.717) is 6.42 Å². The summed E-state index contributed by atoms with van der Waals surface area (Å²) < 4.78 is 0. The molecule has 0 amide bonds. The van der Waals surface area contributed by atoms with Gasteiger partial charge in [-0.05, 0) is 32.2 Å². The molecule has 2 N–H and O–H groups in total. The van der Waals surface area contributed by atoms with Crippen molar-refractivity contribution in [1.82, 2.24) is 5.32 Å². The Morgan fingerprint density at radius 1 is 1.29 bits per heavy atom. The Balaban J connectivity index is 1.96. The van der Waals surface area contributed by atoms with E-state index in [0.717, 1.165) is 51.6 Å². The van der Waals surface area contributed by atoms with Crippen LogP contribution in [0.15, 0.2) is 0 Å². The summed E-state index contributed by atoms with van der Waals surface area (Å²) in [6.45, 7) is 1.64. The van der Waals surface area contributed by atoms with E-state index in [1.165, 1.54) is 0 Å². The fraction of sp³-hybridized carbons (Fsp3) is 0.909. The zero-order valence-corrected chi connectivity index (χ0v) is 8.76. The average Bonchev–Trinajstić information content (AvgIpc) is 2.59.